The van der Waals surface area contributed by atoms with Gasteiger partial charge in [-0.25, -0.2) is 0 Å². The number of hydrogen-bond donors (Lipinski definition) is 0. The Morgan fingerprint density at radius 2 is 2.43 bits per heavy atom. The van der Waals surface area contributed by atoms with Crippen molar-refractivity contribution in [3.63, 3.8) is 0 Å². The minimum atomic E-state index is 0.917. The average molecular weight is 99.2 g/mol. The van der Waals surface area contributed by atoms with Crippen LogP contribution in [0.25, 0.3) is 0 Å². The van der Waals surface area contributed by atoms with E-state index in [4.69, 9.17) is 0 Å². The fraction of sp³-hybridized carbons (Fsp3) is 1.00. The summed E-state index contributed by atoms with van der Waals surface area (Å²) in [5.74, 6) is 0. The minimum Gasteiger partial charge on any atom is -0.303 e. The van der Waals surface area contributed by atoms with Gasteiger partial charge in [-0.15, -0.1) is 0 Å². The summed E-state index contributed by atoms with van der Waals surface area (Å²) in [4.78, 5) is 2.40. The van der Waals surface area contributed by atoms with Crippen molar-refractivity contribution in [2.24, 2.45) is 0 Å². The first-order chi connectivity index (χ1) is 3.34. The maximum atomic E-state index is 2.40. The molecule has 1 atom stereocenters. The molecule has 0 spiro atoms. The van der Waals surface area contributed by atoms with E-state index in [0.717, 1.165) is 6.04 Å². The van der Waals surface area contributed by atoms with Crippen LogP contribution in [0.15, 0.2) is 0 Å². The lowest BCUT2D eigenvalue weighted by Crippen LogP contribution is -2.43. The first-order valence-corrected chi connectivity index (χ1v) is 3.05. The molecule has 1 heteroatoms. The second-order valence-electron chi connectivity index (χ2n) is 2.33. The smallest absolute Gasteiger partial charge is 0.0102 e. The van der Waals surface area contributed by atoms with Crippen LogP contribution in [0, 0.1) is 0 Å². The molecule has 1 unspecified atom stereocenters. The van der Waals surface area contributed by atoms with E-state index < -0.39 is 0 Å². The number of likely N-dealkylation sites (tertiary alicyclic amines) is 1. The van der Waals surface area contributed by atoms with Gasteiger partial charge in [-0.1, -0.05) is 6.92 Å². The van der Waals surface area contributed by atoms with Gasteiger partial charge in [-0.3, -0.25) is 0 Å². The van der Waals surface area contributed by atoms with Crippen molar-refractivity contribution in [1.82, 2.24) is 4.90 Å². The third kappa shape index (κ3) is 0.778. The highest BCUT2D eigenvalue weighted by atomic mass is 15.2. The molecule has 0 bridgehead atoms. The maximum Gasteiger partial charge on any atom is 0.0102 e. The van der Waals surface area contributed by atoms with Gasteiger partial charge in [-0.2, -0.15) is 0 Å². The summed E-state index contributed by atoms with van der Waals surface area (Å²) in [6.45, 7) is 3.57. The number of rotatable bonds is 1. The molecule has 0 aromatic carbocycles. The summed E-state index contributed by atoms with van der Waals surface area (Å²) in [5, 5.41) is 0. The first-order valence-electron chi connectivity index (χ1n) is 3.05. The molecular weight excluding hydrogens is 86.1 g/mol. The Morgan fingerprint density at radius 1 is 1.71 bits per heavy atom. The fourth-order valence-electron chi connectivity index (χ4n) is 1.09. The highest BCUT2D eigenvalue weighted by Gasteiger charge is 2.20. The van der Waals surface area contributed by atoms with Gasteiger partial charge in [0.25, 0.3) is 0 Å². The molecule has 0 saturated carbocycles. The highest BCUT2D eigenvalue weighted by Crippen LogP contribution is 2.16. The van der Waals surface area contributed by atoms with Crippen LogP contribution < -0.4 is 0 Å². The second-order valence-corrected chi connectivity index (χ2v) is 2.33. The van der Waals surface area contributed by atoms with E-state index in [9.17, 15) is 0 Å². The normalized spacial score (nSPS) is 32.6. The molecule has 1 heterocycles. The lowest BCUT2D eigenvalue weighted by molar-refractivity contribution is 0.123. The van der Waals surface area contributed by atoms with E-state index in [0.29, 0.717) is 0 Å². The standard InChI is InChI=1S/C6H13N/c1-3-6-4-5-7(6)2/h6H,3-5H2,1-2H3. The van der Waals surface area contributed by atoms with E-state index >= 15 is 0 Å². The quantitative estimate of drug-likeness (QED) is 0.476. The summed E-state index contributed by atoms with van der Waals surface area (Å²) in [6.07, 6.45) is 2.75. The maximum absolute atomic E-state index is 2.40. The number of nitrogens with zero attached hydrogens (tertiary/aromatic N) is 1. The molecule has 0 aromatic rings. The zero-order chi connectivity index (χ0) is 5.28. The first kappa shape index (κ1) is 5.10. The largest absolute Gasteiger partial charge is 0.303 e. The van der Waals surface area contributed by atoms with Crippen LogP contribution in [0.3, 0.4) is 0 Å². The van der Waals surface area contributed by atoms with Gasteiger partial charge in [0.2, 0.25) is 0 Å². The van der Waals surface area contributed by atoms with Crippen LogP contribution in [0.2, 0.25) is 0 Å². The molecule has 1 aliphatic heterocycles. The fourth-order valence-corrected chi connectivity index (χ4v) is 1.09. The lowest BCUT2D eigenvalue weighted by atomic mass is 10.0. The molecule has 0 radical (unpaired) electrons. The predicted octanol–water partition coefficient (Wildman–Crippen LogP) is 1.10. The minimum absolute atomic E-state index is 0.917. The summed E-state index contributed by atoms with van der Waals surface area (Å²) in [7, 11) is 2.19. The summed E-state index contributed by atoms with van der Waals surface area (Å²) in [6, 6.07) is 0.917. The van der Waals surface area contributed by atoms with Crippen molar-refractivity contribution in [3.05, 3.63) is 0 Å². The van der Waals surface area contributed by atoms with Crippen molar-refractivity contribution in [3.8, 4) is 0 Å². The Hall–Kier alpha value is -0.0400. The van der Waals surface area contributed by atoms with Gasteiger partial charge in [0.05, 0.1) is 0 Å². The molecule has 0 aliphatic carbocycles. The van der Waals surface area contributed by atoms with Crippen LogP contribution in [0.1, 0.15) is 19.8 Å². The molecule has 0 amide bonds. The lowest BCUT2D eigenvalue weighted by Gasteiger charge is -2.37. The van der Waals surface area contributed by atoms with Crippen LogP contribution >= 0.6 is 0 Å². The van der Waals surface area contributed by atoms with Gasteiger partial charge in [0.1, 0.15) is 0 Å². The van der Waals surface area contributed by atoms with Crippen molar-refractivity contribution >= 4 is 0 Å². The number of hydrogen-bond acceptors (Lipinski definition) is 1. The van der Waals surface area contributed by atoms with Gasteiger partial charge in [0.15, 0.2) is 0 Å². The topological polar surface area (TPSA) is 3.24 Å². The molecule has 0 N–H and O–H groups in total. The van der Waals surface area contributed by atoms with Crippen molar-refractivity contribution < 1.29 is 0 Å². The van der Waals surface area contributed by atoms with Gasteiger partial charge in [-0.05, 0) is 26.4 Å². The van der Waals surface area contributed by atoms with Gasteiger partial charge in [0, 0.05) is 6.04 Å². The third-order valence-electron chi connectivity index (χ3n) is 1.91. The van der Waals surface area contributed by atoms with E-state index in [1.54, 1.807) is 0 Å². The zero-order valence-electron chi connectivity index (χ0n) is 5.15. The van der Waals surface area contributed by atoms with Crippen molar-refractivity contribution in [1.29, 1.82) is 0 Å². The Kier molecular flexibility index (Phi) is 1.33. The Morgan fingerprint density at radius 3 is 2.43 bits per heavy atom. The van der Waals surface area contributed by atoms with Gasteiger partial charge >= 0.3 is 0 Å². The molecule has 1 nitrogen and oxygen atoms in total. The van der Waals surface area contributed by atoms with Crippen LogP contribution in [0.5, 0.6) is 0 Å². The van der Waals surface area contributed by atoms with E-state index in [-0.39, 0.29) is 0 Å². The average Bonchev–Trinajstić information content (AvgIpc) is 1.65. The van der Waals surface area contributed by atoms with E-state index in [1.165, 1.54) is 19.4 Å². The monoisotopic (exact) mass is 99.1 g/mol. The van der Waals surface area contributed by atoms with Crippen LogP contribution in [0.4, 0.5) is 0 Å². The van der Waals surface area contributed by atoms with E-state index in [1.807, 2.05) is 0 Å². The molecule has 1 aliphatic rings. The van der Waals surface area contributed by atoms with Crippen molar-refractivity contribution in [2.75, 3.05) is 13.6 Å². The Labute approximate surface area is 45.3 Å². The molecule has 0 aromatic heterocycles. The van der Waals surface area contributed by atoms with Crippen molar-refractivity contribution in [2.45, 2.75) is 25.8 Å². The molecule has 1 rings (SSSR count). The summed E-state index contributed by atoms with van der Waals surface area (Å²) < 4.78 is 0. The van der Waals surface area contributed by atoms with Crippen LogP contribution in [-0.2, 0) is 0 Å². The highest BCUT2D eigenvalue weighted by molar-refractivity contribution is 4.77. The predicted molar refractivity (Wildman–Crippen MR) is 31.3 cm³/mol. The molecule has 1 fully saturated rings. The molecule has 42 valence electrons. The van der Waals surface area contributed by atoms with Crippen LogP contribution in [-0.4, -0.2) is 24.5 Å². The SMILES string of the molecule is CCC1CCN1C. The Balaban J connectivity index is 2.16. The van der Waals surface area contributed by atoms with E-state index in [2.05, 4.69) is 18.9 Å². The second kappa shape index (κ2) is 1.83. The third-order valence-corrected chi connectivity index (χ3v) is 1.91. The summed E-state index contributed by atoms with van der Waals surface area (Å²) >= 11 is 0. The van der Waals surface area contributed by atoms with Gasteiger partial charge < -0.3 is 4.90 Å². The molecular formula is C6H13N. The summed E-state index contributed by atoms with van der Waals surface area (Å²) in [5.41, 5.74) is 0. The zero-order valence-corrected chi connectivity index (χ0v) is 5.15. The molecule has 7 heavy (non-hydrogen) atoms. The molecule has 1 saturated heterocycles. The Bertz CT molecular complexity index is 59.2.